The molecule has 3 aliphatic rings. The summed E-state index contributed by atoms with van der Waals surface area (Å²) in [7, 11) is 3.43. The third kappa shape index (κ3) is 2.70. The van der Waals surface area contributed by atoms with Gasteiger partial charge in [-0.2, -0.15) is 0 Å². The van der Waals surface area contributed by atoms with E-state index in [-0.39, 0.29) is 20.0 Å². The number of nitrogen functional groups attached to an aromatic ring is 1. The summed E-state index contributed by atoms with van der Waals surface area (Å²) in [5, 5.41) is 20.1. The second-order valence-electron chi connectivity index (χ2n) is 7.88. The summed E-state index contributed by atoms with van der Waals surface area (Å²) in [6.07, 6.45) is 0.0170. The molecular weight excluding hydrogens is 404 g/mol. The highest BCUT2D eigenvalue weighted by Gasteiger charge is 2.45. The van der Waals surface area contributed by atoms with Crippen LogP contribution in [0.3, 0.4) is 0 Å². The molecular formula is C22H24N2O7. The Bertz CT molecular complexity index is 1080. The van der Waals surface area contributed by atoms with Gasteiger partial charge in [-0.25, -0.2) is 4.79 Å². The van der Waals surface area contributed by atoms with E-state index in [0.29, 0.717) is 58.2 Å². The van der Waals surface area contributed by atoms with Crippen molar-refractivity contribution >= 4 is 11.7 Å². The fourth-order valence-corrected chi connectivity index (χ4v) is 5.05. The Hall–Kier alpha value is -3.01. The summed E-state index contributed by atoms with van der Waals surface area (Å²) in [6, 6.07) is 3.12. The maximum absolute atomic E-state index is 12.9. The van der Waals surface area contributed by atoms with Crippen LogP contribution in [0.1, 0.15) is 50.3 Å². The van der Waals surface area contributed by atoms with Crippen LogP contribution in [0.4, 0.5) is 5.69 Å². The van der Waals surface area contributed by atoms with Gasteiger partial charge in [-0.05, 0) is 30.7 Å². The van der Waals surface area contributed by atoms with E-state index in [2.05, 4.69) is 4.90 Å². The van der Waals surface area contributed by atoms with Crippen LogP contribution < -0.4 is 19.9 Å². The molecule has 5 rings (SSSR count). The summed E-state index contributed by atoms with van der Waals surface area (Å²) in [4.78, 5) is 14.9. The number of hydrogen-bond acceptors (Lipinski definition) is 9. The first-order chi connectivity index (χ1) is 15.0. The molecule has 0 unspecified atom stereocenters. The molecule has 0 fully saturated rings. The molecule has 31 heavy (non-hydrogen) atoms. The molecule has 0 saturated carbocycles. The molecule has 2 aromatic carbocycles. The first kappa shape index (κ1) is 19.9. The first-order valence-corrected chi connectivity index (χ1v) is 10.1. The topological polar surface area (TPSA) is 124 Å². The average molecular weight is 428 g/mol. The van der Waals surface area contributed by atoms with Crippen molar-refractivity contribution in [2.75, 3.05) is 33.2 Å². The van der Waals surface area contributed by atoms with Crippen molar-refractivity contribution < 1.29 is 34.0 Å². The highest BCUT2D eigenvalue weighted by molar-refractivity contribution is 5.96. The number of esters is 1. The van der Waals surface area contributed by atoms with Gasteiger partial charge in [0.2, 0.25) is 6.79 Å². The zero-order valence-electron chi connectivity index (χ0n) is 17.3. The Morgan fingerprint density at radius 3 is 2.65 bits per heavy atom. The van der Waals surface area contributed by atoms with Crippen molar-refractivity contribution in [2.24, 2.45) is 0 Å². The number of carbonyl (C=O) groups excluding carboxylic acids is 1. The van der Waals surface area contributed by atoms with Crippen LogP contribution >= 0.6 is 0 Å². The van der Waals surface area contributed by atoms with E-state index in [4.69, 9.17) is 24.7 Å². The minimum absolute atomic E-state index is 0.0385. The van der Waals surface area contributed by atoms with Gasteiger partial charge in [-0.3, -0.25) is 4.90 Å². The standard InChI is InChI=1S/C22H24N2O7/c1-24-6-5-10-15(13(8-26)20-21(17(10)23)30-9-29-20)18(24)19-11-3-4-14(28-2)12(7-25)16(11)22(27)31-19/h3-4,18-19,25-26H,5-9,23H2,1-2H3/t18-,19+/m1/s1. The molecule has 0 saturated heterocycles. The van der Waals surface area contributed by atoms with Crippen LogP contribution in [0.5, 0.6) is 17.2 Å². The normalized spacial score (nSPS) is 21.6. The maximum Gasteiger partial charge on any atom is 0.339 e. The van der Waals surface area contributed by atoms with Crippen LogP contribution in [0.25, 0.3) is 0 Å². The smallest absolute Gasteiger partial charge is 0.339 e. The number of benzene rings is 2. The highest BCUT2D eigenvalue weighted by Crippen LogP contribution is 2.54. The Morgan fingerprint density at radius 2 is 1.94 bits per heavy atom. The van der Waals surface area contributed by atoms with E-state index < -0.39 is 18.1 Å². The third-order valence-electron chi connectivity index (χ3n) is 6.46. The molecule has 3 aliphatic heterocycles. The SMILES string of the molecule is COc1ccc2c(c1CO)C(=O)O[C@@H]2[C@H]1c2c(c(N)c3c(c2CO)OCO3)CCN1C. The van der Waals surface area contributed by atoms with Gasteiger partial charge in [0.1, 0.15) is 11.9 Å². The summed E-state index contributed by atoms with van der Waals surface area (Å²) in [5.74, 6) is 0.819. The zero-order valence-corrected chi connectivity index (χ0v) is 17.3. The van der Waals surface area contributed by atoms with E-state index in [9.17, 15) is 15.0 Å². The van der Waals surface area contributed by atoms with E-state index >= 15 is 0 Å². The number of fused-ring (bicyclic) bond motifs is 3. The van der Waals surface area contributed by atoms with Gasteiger partial charge in [0, 0.05) is 23.2 Å². The van der Waals surface area contributed by atoms with Crippen LogP contribution in [-0.4, -0.2) is 48.6 Å². The number of anilines is 1. The number of nitrogens with two attached hydrogens (primary N) is 1. The molecule has 0 spiro atoms. The van der Waals surface area contributed by atoms with Crippen LogP contribution in [-0.2, 0) is 24.4 Å². The lowest BCUT2D eigenvalue weighted by Crippen LogP contribution is -2.37. The maximum atomic E-state index is 12.9. The minimum Gasteiger partial charge on any atom is -0.496 e. The second kappa shape index (κ2) is 7.30. The molecule has 0 bridgehead atoms. The molecule has 164 valence electrons. The number of methoxy groups -OCH3 is 1. The van der Waals surface area contributed by atoms with Crippen LogP contribution in [0.15, 0.2) is 12.1 Å². The molecule has 9 heteroatoms. The van der Waals surface area contributed by atoms with E-state index in [1.807, 2.05) is 7.05 Å². The molecule has 3 heterocycles. The molecule has 2 aromatic rings. The number of aliphatic hydroxyl groups excluding tert-OH is 2. The Kier molecular flexibility index (Phi) is 4.69. The molecule has 0 aliphatic carbocycles. The molecule has 0 radical (unpaired) electrons. The number of ether oxygens (including phenoxy) is 4. The Morgan fingerprint density at radius 1 is 1.19 bits per heavy atom. The van der Waals surface area contributed by atoms with Gasteiger partial charge in [-0.1, -0.05) is 6.07 Å². The minimum atomic E-state index is -0.646. The average Bonchev–Trinajstić information content (AvgIpc) is 3.39. The van der Waals surface area contributed by atoms with E-state index in [1.165, 1.54) is 7.11 Å². The predicted octanol–water partition coefficient (Wildman–Crippen LogP) is 1.43. The largest absolute Gasteiger partial charge is 0.496 e. The van der Waals surface area contributed by atoms with Crippen molar-refractivity contribution in [1.82, 2.24) is 4.90 Å². The number of carbonyl (C=O) groups is 1. The number of hydrogen-bond donors (Lipinski definition) is 3. The van der Waals surface area contributed by atoms with E-state index in [1.54, 1.807) is 12.1 Å². The number of rotatable bonds is 4. The lowest BCUT2D eigenvalue weighted by atomic mass is 9.82. The summed E-state index contributed by atoms with van der Waals surface area (Å²) in [6.45, 7) is 0.102. The fraction of sp³-hybridized carbons (Fsp3) is 0.409. The number of likely N-dealkylation sites (N-methyl/N-ethyl adjacent to an activating group) is 1. The number of nitrogens with zero attached hydrogens (tertiary/aromatic N) is 1. The third-order valence-corrected chi connectivity index (χ3v) is 6.46. The van der Waals surface area contributed by atoms with E-state index in [0.717, 1.165) is 11.1 Å². The lowest BCUT2D eigenvalue weighted by molar-refractivity contribution is 0.00893. The molecule has 2 atom stereocenters. The Labute approximate surface area is 178 Å². The highest BCUT2D eigenvalue weighted by atomic mass is 16.7. The number of cyclic esters (lactones) is 1. The lowest BCUT2D eigenvalue weighted by Gasteiger charge is -2.39. The van der Waals surface area contributed by atoms with Gasteiger partial charge < -0.3 is 34.9 Å². The quantitative estimate of drug-likeness (QED) is 0.490. The van der Waals surface area contributed by atoms with Gasteiger partial charge in [0.05, 0.1) is 37.6 Å². The predicted molar refractivity (Wildman–Crippen MR) is 109 cm³/mol. The fourth-order valence-electron chi connectivity index (χ4n) is 5.05. The van der Waals surface area contributed by atoms with Gasteiger partial charge in [-0.15, -0.1) is 0 Å². The zero-order chi connectivity index (χ0) is 21.9. The molecule has 0 aromatic heterocycles. The summed E-state index contributed by atoms with van der Waals surface area (Å²) < 4.78 is 22.4. The van der Waals surface area contributed by atoms with Crippen LogP contribution in [0, 0.1) is 0 Å². The van der Waals surface area contributed by atoms with Gasteiger partial charge in [0.25, 0.3) is 0 Å². The van der Waals surface area contributed by atoms with Gasteiger partial charge >= 0.3 is 5.97 Å². The van der Waals surface area contributed by atoms with Crippen LogP contribution in [0.2, 0.25) is 0 Å². The van der Waals surface area contributed by atoms with Gasteiger partial charge in [0.15, 0.2) is 11.5 Å². The molecule has 4 N–H and O–H groups in total. The monoisotopic (exact) mass is 428 g/mol. The van der Waals surface area contributed by atoms with Crippen molar-refractivity contribution in [3.8, 4) is 17.2 Å². The van der Waals surface area contributed by atoms with Crippen molar-refractivity contribution in [3.63, 3.8) is 0 Å². The summed E-state index contributed by atoms with van der Waals surface area (Å²) >= 11 is 0. The molecule has 0 amide bonds. The molecule has 9 nitrogen and oxygen atoms in total. The van der Waals surface area contributed by atoms with Crippen molar-refractivity contribution in [2.45, 2.75) is 31.8 Å². The van der Waals surface area contributed by atoms with Crippen molar-refractivity contribution in [3.05, 3.63) is 45.5 Å². The van der Waals surface area contributed by atoms with Crippen molar-refractivity contribution in [1.29, 1.82) is 0 Å². The first-order valence-electron chi connectivity index (χ1n) is 10.1. The Balaban J connectivity index is 1.72. The number of aliphatic hydroxyl groups is 2. The summed E-state index contributed by atoms with van der Waals surface area (Å²) in [5.41, 5.74) is 10.6. The second-order valence-corrected chi connectivity index (χ2v) is 7.88.